The van der Waals surface area contributed by atoms with Crippen LogP contribution in [-0.4, -0.2) is 24.6 Å². The van der Waals surface area contributed by atoms with Crippen molar-refractivity contribution < 1.29 is 0 Å². The van der Waals surface area contributed by atoms with E-state index in [1.54, 1.807) is 0 Å². The van der Waals surface area contributed by atoms with Gasteiger partial charge in [-0.25, -0.2) is 0 Å². The highest BCUT2D eigenvalue weighted by Crippen LogP contribution is 2.15. The van der Waals surface area contributed by atoms with Crippen LogP contribution >= 0.6 is 0 Å². The van der Waals surface area contributed by atoms with Crippen molar-refractivity contribution in [2.24, 2.45) is 5.73 Å². The van der Waals surface area contributed by atoms with E-state index in [1.165, 1.54) is 11.3 Å². The lowest BCUT2D eigenvalue weighted by Crippen LogP contribution is -2.22. The summed E-state index contributed by atoms with van der Waals surface area (Å²) in [5.41, 5.74) is 9.68. The summed E-state index contributed by atoms with van der Waals surface area (Å²) in [4.78, 5) is 6.62. The molecular formula is C18H25N3. The molecule has 0 aliphatic rings. The molecule has 0 aliphatic heterocycles. The maximum absolute atomic E-state index is 6.00. The van der Waals surface area contributed by atoms with Crippen molar-refractivity contribution in [2.75, 3.05) is 18.5 Å². The number of pyridine rings is 1. The molecular weight excluding hydrogens is 258 g/mol. The van der Waals surface area contributed by atoms with Gasteiger partial charge in [-0.05, 0) is 42.7 Å². The molecule has 1 atom stereocenters. The van der Waals surface area contributed by atoms with Crippen LogP contribution in [0.4, 0.5) is 5.69 Å². The van der Waals surface area contributed by atoms with Crippen LogP contribution in [-0.2, 0) is 12.8 Å². The molecule has 2 rings (SSSR count). The molecule has 0 radical (unpaired) electrons. The van der Waals surface area contributed by atoms with Crippen molar-refractivity contribution in [3.05, 3.63) is 59.9 Å². The Morgan fingerprint density at radius 1 is 1.14 bits per heavy atom. The minimum Gasteiger partial charge on any atom is -0.374 e. The summed E-state index contributed by atoms with van der Waals surface area (Å²) in [5.74, 6) is 0. The first kappa shape index (κ1) is 15.5. The summed E-state index contributed by atoms with van der Waals surface area (Å²) in [6.07, 6.45) is 4.78. The third kappa shape index (κ3) is 4.87. The van der Waals surface area contributed by atoms with Crippen LogP contribution in [0.1, 0.15) is 24.6 Å². The largest absolute Gasteiger partial charge is 0.374 e. The van der Waals surface area contributed by atoms with E-state index in [-0.39, 0.29) is 6.04 Å². The average molecular weight is 283 g/mol. The number of likely N-dealkylation sites (N-methyl/N-ethyl adjacent to an activating group) is 1. The summed E-state index contributed by atoms with van der Waals surface area (Å²) in [7, 11) is 2.12. The fourth-order valence-electron chi connectivity index (χ4n) is 2.29. The van der Waals surface area contributed by atoms with E-state index in [9.17, 15) is 0 Å². The van der Waals surface area contributed by atoms with Gasteiger partial charge in [-0.2, -0.15) is 0 Å². The van der Waals surface area contributed by atoms with E-state index in [0.717, 1.165) is 31.5 Å². The second-order valence-electron chi connectivity index (χ2n) is 5.53. The Balaban J connectivity index is 1.89. The maximum Gasteiger partial charge on any atom is 0.0421 e. The number of anilines is 1. The highest BCUT2D eigenvalue weighted by atomic mass is 15.1. The van der Waals surface area contributed by atoms with E-state index >= 15 is 0 Å². The molecule has 0 fully saturated rings. The lowest BCUT2D eigenvalue weighted by atomic mass is 10.0. The molecule has 112 valence electrons. The van der Waals surface area contributed by atoms with Gasteiger partial charge in [0, 0.05) is 43.6 Å². The zero-order valence-electron chi connectivity index (χ0n) is 13.0. The summed E-state index contributed by atoms with van der Waals surface area (Å²) in [5, 5.41) is 0. The predicted molar refractivity (Wildman–Crippen MR) is 89.6 cm³/mol. The van der Waals surface area contributed by atoms with E-state index < -0.39 is 0 Å². The third-order valence-corrected chi connectivity index (χ3v) is 3.83. The van der Waals surface area contributed by atoms with Gasteiger partial charge in [0.1, 0.15) is 0 Å². The van der Waals surface area contributed by atoms with Gasteiger partial charge in [0.05, 0.1) is 0 Å². The molecule has 21 heavy (non-hydrogen) atoms. The molecule has 0 spiro atoms. The monoisotopic (exact) mass is 283 g/mol. The topological polar surface area (TPSA) is 42.1 Å². The number of aromatic nitrogens is 1. The maximum atomic E-state index is 6.00. The number of benzene rings is 1. The minimum absolute atomic E-state index is 0.262. The van der Waals surface area contributed by atoms with Crippen LogP contribution in [0.15, 0.2) is 48.7 Å². The van der Waals surface area contributed by atoms with Gasteiger partial charge in [0.2, 0.25) is 0 Å². The fourth-order valence-corrected chi connectivity index (χ4v) is 2.29. The van der Waals surface area contributed by atoms with Gasteiger partial charge < -0.3 is 10.6 Å². The predicted octanol–water partition coefficient (Wildman–Crippen LogP) is 3.04. The first-order chi connectivity index (χ1) is 10.2. The lowest BCUT2D eigenvalue weighted by Gasteiger charge is -2.19. The van der Waals surface area contributed by atoms with E-state index in [4.69, 9.17) is 5.73 Å². The first-order valence-electron chi connectivity index (χ1n) is 7.64. The van der Waals surface area contributed by atoms with Gasteiger partial charge >= 0.3 is 0 Å². The lowest BCUT2D eigenvalue weighted by molar-refractivity contribution is 0.646. The molecule has 1 heterocycles. The molecule has 0 saturated carbocycles. The van der Waals surface area contributed by atoms with Gasteiger partial charge in [-0.1, -0.05) is 25.1 Å². The second kappa shape index (κ2) is 7.79. The van der Waals surface area contributed by atoms with Crippen LogP contribution < -0.4 is 10.6 Å². The Morgan fingerprint density at radius 2 is 1.90 bits per heavy atom. The molecule has 2 aromatic rings. The SMILES string of the molecule is CCC(N)Cc1ccc(N(C)CCc2ccccn2)cc1. The van der Waals surface area contributed by atoms with E-state index in [1.807, 2.05) is 18.3 Å². The van der Waals surface area contributed by atoms with Crippen molar-refractivity contribution >= 4 is 5.69 Å². The zero-order valence-corrected chi connectivity index (χ0v) is 13.0. The Hall–Kier alpha value is -1.87. The molecule has 0 amide bonds. The Kier molecular flexibility index (Phi) is 5.76. The van der Waals surface area contributed by atoms with Gasteiger partial charge in [0.15, 0.2) is 0 Å². The fraction of sp³-hybridized carbons (Fsp3) is 0.389. The van der Waals surface area contributed by atoms with Crippen molar-refractivity contribution in [1.82, 2.24) is 4.98 Å². The number of nitrogens with two attached hydrogens (primary N) is 1. The standard InChI is InChI=1S/C18H25N3/c1-3-16(19)14-15-7-9-18(10-8-15)21(2)13-11-17-6-4-5-12-20-17/h4-10,12,16H,3,11,13-14,19H2,1-2H3. The first-order valence-corrected chi connectivity index (χ1v) is 7.64. The molecule has 1 aromatic carbocycles. The molecule has 0 bridgehead atoms. The van der Waals surface area contributed by atoms with Gasteiger partial charge in [-0.3, -0.25) is 4.98 Å². The molecule has 0 aliphatic carbocycles. The molecule has 2 N–H and O–H groups in total. The number of hydrogen-bond donors (Lipinski definition) is 1. The quantitative estimate of drug-likeness (QED) is 0.849. The van der Waals surface area contributed by atoms with Gasteiger partial charge in [0.25, 0.3) is 0 Å². The highest BCUT2D eigenvalue weighted by Gasteiger charge is 2.04. The second-order valence-corrected chi connectivity index (χ2v) is 5.53. The molecule has 3 heteroatoms. The number of nitrogens with zero attached hydrogens (tertiary/aromatic N) is 2. The Bertz CT molecular complexity index is 522. The van der Waals surface area contributed by atoms with Crippen LogP contribution in [0.3, 0.4) is 0 Å². The van der Waals surface area contributed by atoms with Crippen molar-refractivity contribution in [3.63, 3.8) is 0 Å². The number of hydrogen-bond acceptors (Lipinski definition) is 3. The minimum atomic E-state index is 0.262. The summed E-state index contributed by atoms with van der Waals surface area (Å²) in [6, 6.07) is 15.0. The van der Waals surface area contributed by atoms with E-state index in [0.29, 0.717) is 0 Å². The summed E-state index contributed by atoms with van der Waals surface area (Å²) in [6.45, 7) is 3.09. The van der Waals surface area contributed by atoms with Crippen LogP contribution in [0.5, 0.6) is 0 Å². The normalized spacial score (nSPS) is 12.1. The number of rotatable bonds is 7. The van der Waals surface area contributed by atoms with Crippen molar-refractivity contribution in [3.8, 4) is 0 Å². The Labute approximate surface area is 127 Å². The van der Waals surface area contributed by atoms with Gasteiger partial charge in [-0.15, -0.1) is 0 Å². The van der Waals surface area contributed by atoms with Crippen molar-refractivity contribution in [1.29, 1.82) is 0 Å². The highest BCUT2D eigenvalue weighted by molar-refractivity contribution is 5.47. The molecule has 3 nitrogen and oxygen atoms in total. The van der Waals surface area contributed by atoms with E-state index in [2.05, 4.69) is 54.2 Å². The average Bonchev–Trinajstić information content (AvgIpc) is 2.54. The smallest absolute Gasteiger partial charge is 0.0421 e. The van der Waals surface area contributed by atoms with Crippen LogP contribution in [0, 0.1) is 0 Å². The zero-order chi connectivity index (χ0) is 15.1. The molecule has 0 saturated heterocycles. The summed E-state index contributed by atoms with van der Waals surface area (Å²) >= 11 is 0. The molecule has 1 aromatic heterocycles. The van der Waals surface area contributed by atoms with Crippen LogP contribution in [0.2, 0.25) is 0 Å². The van der Waals surface area contributed by atoms with Crippen molar-refractivity contribution in [2.45, 2.75) is 32.2 Å². The third-order valence-electron chi connectivity index (χ3n) is 3.83. The summed E-state index contributed by atoms with van der Waals surface area (Å²) < 4.78 is 0. The molecule has 1 unspecified atom stereocenters. The van der Waals surface area contributed by atoms with Crippen LogP contribution in [0.25, 0.3) is 0 Å². The Morgan fingerprint density at radius 3 is 2.52 bits per heavy atom.